The second-order valence-corrected chi connectivity index (χ2v) is 8.33. The lowest BCUT2D eigenvalue weighted by atomic mass is 10.0. The summed E-state index contributed by atoms with van der Waals surface area (Å²) in [5.41, 5.74) is 2.38. The van der Waals surface area contributed by atoms with Gasteiger partial charge in [0, 0.05) is 25.2 Å². The Hall–Kier alpha value is -3.26. The van der Waals surface area contributed by atoms with Gasteiger partial charge in [-0.15, -0.1) is 0 Å². The molecule has 34 heavy (non-hydrogen) atoms. The van der Waals surface area contributed by atoms with E-state index in [-0.39, 0.29) is 0 Å². The number of benzene rings is 2. The van der Waals surface area contributed by atoms with Gasteiger partial charge in [0.1, 0.15) is 0 Å². The van der Waals surface area contributed by atoms with Crippen LogP contribution in [0.5, 0.6) is 23.0 Å². The van der Waals surface area contributed by atoms with Crippen LogP contribution in [-0.2, 0) is 17.6 Å². The Kier molecular flexibility index (Phi) is 8.76. The molecule has 0 fully saturated rings. The number of amides is 1. The zero-order valence-electron chi connectivity index (χ0n) is 20.7. The lowest BCUT2D eigenvalue weighted by Crippen LogP contribution is -2.38. The second-order valence-electron chi connectivity index (χ2n) is 8.33. The largest absolute Gasteiger partial charge is 0.493 e. The van der Waals surface area contributed by atoms with Crippen LogP contribution in [0.25, 0.3) is 0 Å². The predicted octanol–water partition coefficient (Wildman–Crippen LogP) is 2.85. The zero-order valence-corrected chi connectivity index (χ0v) is 20.7. The van der Waals surface area contributed by atoms with Gasteiger partial charge in [-0.1, -0.05) is 6.07 Å². The van der Waals surface area contributed by atoms with Crippen LogP contribution >= 0.6 is 0 Å². The molecule has 0 saturated heterocycles. The van der Waals surface area contributed by atoms with Crippen LogP contribution < -0.4 is 18.9 Å². The van der Waals surface area contributed by atoms with Crippen LogP contribution in [0.4, 0.5) is 0 Å². The minimum atomic E-state index is -0.490. The van der Waals surface area contributed by atoms with Crippen LogP contribution in [0.2, 0.25) is 0 Å². The highest BCUT2D eigenvalue weighted by Gasteiger charge is 2.30. The summed E-state index contributed by atoms with van der Waals surface area (Å²) in [5, 5.41) is 0. The highest BCUT2D eigenvalue weighted by atomic mass is 16.5. The summed E-state index contributed by atoms with van der Waals surface area (Å²) < 4.78 is 21.3. The molecule has 2 aromatic carbocycles. The number of ketones is 1. The molecule has 1 aliphatic heterocycles. The fourth-order valence-electron chi connectivity index (χ4n) is 4.17. The first-order valence-corrected chi connectivity index (χ1v) is 11.4. The molecule has 0 radical (unpaired) electrons. The van der Waals surface area contributed by atoms with Gasteiger partial charge in [0.2, 0.25) is 0 Å². The maximum atomic E-state index is 12.9. The third-order valence-corrected chi connectivity index (χ3v) is 6.18. The molecule has 2 aromatic rings. The van der Waals surface area contributed by atoms with Crippen LogP contribution in [0, 0.1) is 0 Å². The second kappa shape index (κ2) is 11.7. The first-order chi connectivity index (χ1) is 16.4. The molecule has 1 aliphatic rings. The average molecular weight is 471 g/mol. The van der Waals surface area contributed by atoms with Crippen LogP contribution in [-0.4, -0.2) is 83.2 Å². The van der Waals surface area contributed by atoms with Crippen molar-refractivity contribution in [2.24, 2.45) is 0 Å². The monoisotopic (exact) mass is 470 g/mol. The molecule has 0 N–H and O–H groups in total. The number of fused-ring (bicyclic) bond motifs is 1. The minimum absolute atomic E-state index is 0.400. The van der Waals surface area contributed by atoms with Crippen molar-refractivity contribution in [3.05, 3.63) is 47.0 Å². The normalized spacial score (nSPS) is 13.5. The van der Waals surface area contributed by atoms with Crippen molar-refractivity contribution in [2.45, 2.75) is 19.3 Å². The third kappa shape index (κ3) is 5.80. The van der Waals surface area contributed by atoms with Gasteiger partial charge in [-0.05, 0) is 68.2 Å². The topological polar surface area (TPSA) is 77.5 Å². The molecule has 0 aliphatic carbocycles. The van der Waals surface area contributed by atoms with Crippen LogP contribution in [0.15, 0.2) is 30.3 Å². The van der Waals surface area contributed by atoms with Crippen molar-refractivity contribution in [3.63, 3.8) is 0 Å². The molecule has 3 rings (SSSR count). The molecule has 0 saturated carbocycles. The molecule has 8 heteroatoms. The summed E-state index contributed by atoms with van der Waals surface area (Å²) >= 11 is 0. The van der Waals surface area contributed by atoms with E-state index in [1.54, 1.807) is 38.4 Å². The van der Waals surface area contributed by atoms with Gasteiger partial charge in [-0.25, -0.2) is 0 Å². The van der Waals surface area contributed by atoms with Crippen molar-refractivity contribution >= 4 is 11.7 Å². The van der Waals surface area contributed by atoms with Gasteiger partial charge in [-0.2, -0.15) is 0 Å². The summed E-state index contributed by atoms with van der Waals surface area (Å²) in [6, 6.07) is 9.36. The molecular weight excluding hydrogens is 436 g/mol. The number of rotatable bonds is 11. The maximum Gasteiger partial charge on any atom is 0.294 e. The van der Waals surface area contributed by atoms with Crippen molar-refractivity contribution in [1.29, 1.82) is 0 Å². The number of likely N-dealkylation sites (N-methyl/N-ethyl adjacent to an activating group) is 1. The number of hydrogen-bond donors (Lipinski definition) is 0. The molecule has 8 nitrogen and oxygen atoms in total. The van der Waals surface area contributed by atoms with Gasteiger partial charge >= 0.3 is 0 Å². The SMILES string of the molecule is COc1ccc(CCN(C)CCCN2CCc3cc(OC)c(OC)cc3C(=O)C2=O)cc1OC. The highest BCUT2D eigenvalue weighted by molar-refractivity contribution is 6.43. The van der Waals surface area contributed by atoms with E-state index in [4.69, 9.17) is 18.9 Å². The zero-order chi connectivity index (χ0) is 24.7. The van der Waals surface area contributed by atoms with E-state index in [1.165, 1.54) is 12.7 Å². The molecule has 1 amide bonds. The van der Waals surface area contributed by atoms with Gasteiger partial charge in [0.05, 0.1) is 28.4 Å². The Bertz CT molecular complexity index is 1020. The molecule has 0 aromatic heterocycles. The summed E-state index contributed by atoms with van der Waals surface area (Å²) in [6.07, 6.45) is 2.25. The first kappa shape index (κ1) is 25.4. The Morgan fingerprint density at radius 1 is 0.853 bits per heavy atom. The van der Waals surface area contributed by atoms with Gasteiger partial charge < -0.3 is 28.7 Å². The molecule has 0 bridgehead atoms. The molecular formula is C26H34N2O6. The molecule has 1 heterocycles. The predicted molar refractivity (Wildman–Crippen MR) is 130 cm³/mol. The summed E-state index contributed by atoms with van der Waals surface area (Å²) in [6.45, 7) is 2.73. The van der Waals surface area contributed by atoms with Gasteiger partial charge in [0.25, 0.3) is 11.7 Å². The van der Waals surface area contributed by atoms with E-state index >= 15 is 0 Å². The molecule has 0 spiro atoms. The van der Waals surface area contributed by atoms with E-state index in [9.17, 15) is 9.59 Å². The summed E-state index contributed by atoms with van der Waals surface area (Å²) in [4.78, 5) is 29.6. The number of carbonyl (C=O) groups is 2. The fraction of sp³-hybridized carbons (Fsp3) is 0.462. The number of Topliss-reactive ketones (excluding diaryl/α,β-unsaturated/α-hetero) is 1. The summed E-state index contributed by atoms with van der Waals surface area (Å²) in [5.74, 6) is 1.51. The molecule has 0 atom stereocenters. The van der Waals surface area contributed by atoms with E-state index in [1.807, 2.05) is 18.2 Å². The Labute approximate surface area is 201 Å². The lowest BCUT2D eigenvalue weighted by molar-refractivity contribution is -0.126. The van der Waals surface area contributed by atoms with E-state index in [2.05, 4.69) is 11.9 Å². The standard InChI is InChI=1S/C26H34N2O6/c1-27(13-9-18-7-8-21(31-2)22(15-18)32-3)11-6-12-28-14-10-19-16-23(33-4)24(34-5)17-20(19)25(29)26(28)30/h7-8,15-17H,6,9-14H2,1-5H3. The number of methoxy groups -OCH3 is 4. The Morgan fingerprint density at radius 2 is 1.50 bits per heavy atom. The van der Waals surface area contributed by atoms with Crippen LogP contribution in [0.1, 0.15) is 27.9 Å². The number of carbonyl (C=O) groups excluding carboxylic acids is 2. The number of nitrogens with zero attached hydrogens (tertiary/aromatic N) is 2. The van der Waals surface area contributed by atoms with E-state index in [0.29, 0.717) is 36.6 Å². The van der Waals surface area contributed by atoms with Crippen LogP contribution in [0.3, 0.4) is 0 Å². The fourth-order valence-corrected chi connectivity index (χ4v) is 4.17. The third-order valence-electron chi connectivity index (χ3n) is 6.18. The van der Waals surface area contributed by atoms with E-state index < -0.39 is 11.7 Å². The quantitative estimate of drug-likeness (QED) is 0.468. The lowest BCUT2D eigenvalue weighted by Gasteiger charge is -2.22. The van der Waals surface area contributed by atoms with Gasteiger partial charge in [-0.3, -0.25) is 9.59 Å². The minimum Gasteiger partial charge on any atom is -0.493 e. The molecule has 0 unspecified atom stereocenters. The molecule has 184 valence electrons. The van der Waals surface area contributed by atoms with Crippen molar-refractivity contribution in [2.75, 3.05) is 61.7 Å². The number of ether oxygens (including phenoxy) is 4. The van der Waals surface area contributed by atoms with Crippen molar-refractivity contribution < 1.29 is 28.5 Å². The number of hydrogen-bond acceptors (Lipinski definition) is 7. The van der Waals surface area contributed by atoms with Crippen molar-refractivity contribution in [1.82, 2.24) is 9.80 Å². The first-order valence-electron chi connectivity index (χ1n) is 11.4. The Morgan fingerprint density at radius 3 is 2.18 bits per heavy atom. The summed E-state index contributed by atoms with van der Waals surface area (Å²) in [7, 11) is 8.39. The maximum absolute atomic E-state index is 12.9. The van der Waals surface area contributed by atoms with Crippen molar-refractivity contribution in [3.8, 4) is 23.0 Å². The Balaban J connectivity index is 1.53. The average Bonchev–Trinajstić information content (AvgIpc) is 2.98. The highest BCUT2D eigenvalue weighted by Crippen LogP contribution is 2.32. The van der Waals surface area contributed by atoms with Gasteiger partial charge in [0.15, 0.2) is 23.0 Å². The smallest absolute Gasteiger partial charge is 0.294 e. The van der Waals surface area contributed by atoms with E-state index in [0.717, 1.165) is 43.0 Å².